The van der Waals surface area contributed by atoms with Gasteiger partial charge in [-0.15, -0.1) is 5.46 Å². The van der Waals surface area contributed by atoms with Crippen molar-refractivity contribution in [3.05, 3.63) is 24.0 Å². The fraction of sp³-hybridized carbons (Fsp3) is 0.250. The molecule has 1 aromatic rings. The Hall–Kier alpha value is 0.301. The number of hydrogen-bond donors (Lipinski definition) is 0. The smallest absolute Gasteiger partial charge is 0.485 e. The van der Waals surface area contributed by atoms with Crippen molar-refractivity contribution in [1.82, 2.24) is 0 Å². The number of hydrogen-bond acceptors (Lipinski definition) is 1. The maximum Gasteiger partial charge on any atom is 1.00 e. The third-order valence-corrected chi connectivity index (χ3v) is 1.70. The maximum absolute atomic E-state index is 12.9. The minimum absolute atomic E-state index is 0. The minimum Gasteiger partial charge on any atom is -0.485 e. The first-order chi connectivity index (χ1) is 7.30. The summed E-state index contributed by atoms with van der Waals surface area (Å²) >= 11 is 0. The molecule has 0 amide bonds. The van der Waals surface area contributed by atoms with E-state index >= 15 is 0 Å². The monoisotopic (exact) mass is 282 g/mol. The topological polar surface area (TPSA) is 9.23 Å². The van der Waals surface area contributed by atoms with Crippen molar-refractivity contribution < 1.29 is 82.2 Å². The van der Waals surface area contributed by atoms with Crippen molar-refractivity contribution in [1.29, 1.82) is 0 Å². The fourth-order valence-corrected chi connectivity index (χ4v) is 0.987. The van der Waals surface area contributed by atoms with Gasteiger partial charge in [0.25, 0.3) is 6.43 Å². The van der Waals surface area contributed by atoms with E-state index < -0.39 is 37.0 Å². The van der Waals surface area contributed by atoms with Crippen molar-refractivity contribution >= 4 is 12.4 Å². The van der Waals surface area contributed by atoms with Gasteiger partial charge in [-0.1, -0.05) is 6.07 Å². The Kier molecular flexibility index (Phi) is 7.15. The van der Waals surface area contributed by atoms with Gasteiger partial charge in [0.1, 0.15) is 6.61 Å². The molecule has 0 heterocycles. The molecule has 0 aliphatic heterocycles. The summed E-state index contributed by atoms with van der Waals surface area (Å²) in [6.07, 6.45) is -2.88. The molecule has 0 aromatic heterocycles. The zero-order valence-electron chi connectivity index (χ0n) is 8.77. The van der Waals surface area contributed by atoms with E-state index in [0.717, 1.165) is 0 Å². The molecular weight excluding hydrogens is 276 g/mol. The van der Waals surface area contributed by atoms with Gasteiger partial charge in [-0.05, 0) is 12.1 Å². The summed E-state index contributed by atoms with van der Waals surface area (Å²) in [5.74, 6) is -1.93. The molecule has 0 bridgehead atoms. The summed E-state index contributed by atoms with van der Waals surface area (Å²) in [6.45, 7) is -6.45. The molecule has 1 aromatic carbocycles. The van der Waals surface area contributed by atoms with Crippen LogP contribution in [-0.2, 0) is 0 Å². The van der Waals surface area contributed by atoms with Crippen LogP contribution in [0.25, 0.3) is 0 Å². The van der Waals surface area contributed by atoms with Crippen molar-refractivity contribution in [2.75, 3.05) is 6.61 Å². The van der Waals surface area contributed by atoms with E-state index in [9.17, 15) is 26.1 Å². The summed E-state index contributed by atoms with van der Waals surface area (Å²) in [4.78, 5) is 0. The molecule has 0 N–H and O–H groups in total. The van der Waals surface area contributed by atoms with Crippen LogP contribution in [0.3, 0.4) is 0 Å². The summed E-state index contributed by atoms with van der Waals surface area (Å²) < 4.78 is 77.2. The molecule has 1 rings (SSSR count). The normalized spacial score (nSPS) is 11.2. The fourth-order valence-electron chi connectivity index (χ4n) is 0.987. The first-order valence-corrected chi connectivity index (χ1v) is 4.21. The molecule has 0 saturated carbocycles. The van der Waals surface area contributed by atoms with Crippen LogP contribution in [0.1, 0.15) is 0 Å². The molecule has 17 heavy (non-hydrogen) atoms. The SMILES string of the molecule is Fc1ccc([B-](F)(F)F)cc1OCC(F)F.[K+]. The Morgan fingerprint density at radius 3 is 2.24 bits per heavy atom. The van der Waals surface area contributed by atoms with Gasteiger partial charge in [0, 0.05) is 0 Å². The quantitative estimate of drug-likeness (QED) is 0.536. The van der Waals surface area contributed by atoms with Crippen LogP contribution in [0.5, 0.6) is 5.75 Å². The van der Waals surface area contributed by atoms with E-state index in [0.29, 0.717) is 18.2 Å². The number of halogens is 6. The second-order valence-corrected chi connectivity index (χ2v) is 2.97. The predicted molar refractivity (Wildman–Crippen MR) is 46.6 cm³/mol. The minimum atomic E-state index is -5.30. The zero-order chi connectivity index (χ0) is 12.3. The summed E-state index contributed by atoms with van der Waals surface area (Å²) in [5.41, 5.74) is -1.09. The average molecular weight is 282 g/mol. The molecule has 1 nitrogen and oxygen atoms in total. The Morgan fingerprint density at radius 1 is 1.18 bits per heavy atom. The molecule has 0 atom stereocenters. The Labute approximate surface area is 136 Å². The van der Waals surface area contributed by atoms with Gasteiger partial charge in [-0.2, -0.15) is 0 Å². The van der Waals surface area contributed by atoms with Gasteiger partial charge in [-0.25, -0.2) is 13.2 Å². The van der Waals surface area contributed by atoms with E-state index in [1.165, 1.54) is 0 Å². The molecule has 90 valence electrons. The van der Waals surface area contributed by atoms with Crippen LogP contribution in [0, 0.1) is 5.82 Å². The van der Waals surface area contributed by atoms with Gasteiger partial charge in [-0.3, -0.25) is 0 Å². The van der Waals surface area contributed by atoms with Gasteiger partial charge < -0.3 is 17.7 Å². The third kappa shape index (κ3) is 5.65. The molecule has 0 fully saturated rings. The van der Waals surface area contributed by atoms with E-state index in [4.69, 9.17) is 0 Å². The second-order valence-electron chi connectivity index (χ2n) is 2.97. The van der Waals surface area contributed by atoms with Gasteiger partial charge in [0.05, 0.1) is 0 Å². The largest absolute Gasteiger partial charge is 1.00 e. The molecule has 0 aliphatic rings. The maximum atomic E-state index is 12.9. The van der Waals surface area contributed by atoms with Crippen LogP contribution in [-0.4, -0.2) is 20.0 Å². The molecule has 0 unspecified atom stereocenters. The molecular formula is C8H6BF6KO. The second kappa shape index (κ2) is 7.03. The van der Waals surface area contributed by atoms with Crippen molar-refractivity contribution in [3.8, 4) is 5.75 Å². The number of benzene rings is 1. The molecule has 9 heteroatoms. The number of ether oxygens (including phenoxy) is 1. The van der Waals surface area contributed by atoms with Gasteiger partial charge >= 0.3 is 58.4 Å². The van der Waals surface area contributed by atoms with E-state index in [2.05, 4.69) is 4.74 Å². The number of rotatable bonds is 4. The molecule has 0 aliphatic carbocycles. The first-order valence-electron chi connectivity index (χ1n) is 4.21. The van der Waals surface area contributed by atoms with Crippen LogP contribution >= 0.6 is 0 Å². The predicted octanol–water partition coefficient (Wildman–Crippen LogP) is -0.472. The Bertz CT molecular complexity index is 370. The van der Waals surface area contributed by atoms with E-state index in [1.54, 1.807) is 0 Å². The number of alkyl halides is 2. The standard InChI is InChI=1S/C8H6BF6O.K/c10-6-2-1-5(9(13,14)15)3-7(6)16-4-8(11)12;/h1-3,8H,4H2;/q-1;+1. The Balaban J connectivity index is 0.00000256. The summed E-state index contributed by atoms with van der Waals surface area (Å²) in [7, 11) is 0. The van der Waals surface area contributed by atoms with Gasteiger partial charge in [0.2, 0.25) is 0 Å². The summed E-state index contributed by atoms with van der Waals surface area (Å²) in [6, 6.07) is 1.44. The van der Waals surface area contributed by atoms with Crippen molar-refractivity contribution in [2.24, 2.45) is 0 Å². The Morgan fingerprint density at radius 2 is 1.76 bits per heavy atom. The average Bonchev–Trinajstić information content (AvgIpc) is 2.14. The zero-order valence-corrected chi connectivity index (χ0v) is 11.9. The van der Waals surface area contributed by atoms with E-state index in [1.807, 2.05) is 0 Å². The van der Waals surface area contributed by atoms with Crippen LogP contribution in [0.15, 0.2) is 18.2 Å². The van der Waals surface area contributed by atoms with E-state index in [-0.39, 0.29) is 51.4 Å². The first kappa shape index (κ1) is 17.3. The van der Waals surface area contributed by atoms with Crippen LogP contribution < -0.4 is 61.6 Å². The molecule has 0 saturated heterocycles. The van der Waals surface area contributed by atoms with Crippen LogP contribution in [0.2, 0.25) is 0 Å². The summed E-state index contributed by atoms with van der Waals surface area (Å²) in [5, 5.41) is 0. The molecule has 0 radical (unpaired) electrons. The van der Waals surface area contributed by atoms with Crippen LogP contribution in [0.4, 0.5) is 26.1 Å². The molecule has 0 spiro atoms. The third-order valence-electron chi connectivity index (χ3n) is 1.70. The van der Waals surface area contributed by atoms with Crippen molar-refractivity contribution in [2.45, 2.75) is 6.43 Å². The van der Waals surface area contributed by atoms with Gasteiger partial charge in [0.15, 0.2) is 11.6 Å². The van der Waals surface area contributed by atoms with Crippen molar-refractivity contribution in [3.63, 3.8) is 0 Å².